The van der Waals surface area contributed by atoms with E-state index in [1.807, 2.05) is 0 Å². The van der Waals surface area contributed by atoms with Crippen LogP contribution in [-0.2, 0) is 4.74 Å². The van der Waals surface area contributed by atoms with Crippen LogP contribution in [0.2, 0.25) is 0 Å². The molecule has 0 spiro atoms. The second-order valence-electron chi connectivity index (χ2n) is 6.60. The SMILES string of the molecule is CCOC(=O)N1CCC(C#N)[C@H](n2cc(C(N)=O)c(Nc3ccc(F)cc3)n2)C1. The number of rotatable bonds is 5. The number of ether oxygens (including phenoxy) is 1. The van der Waals surface area contributed by atoms with Crippen molar-refractivity contribution >= 4 is 23.5 Å². The second-order valence-corrected chi connectivity index (χ2v) is 6.60. The Balaban J connectivity index is 1.89. The minimum absolute atomic E-state index is 0.124. The molecule has 2 amide bonds. The van der Waals surface area contributed by atoms with Crippen LogP contribution >= 0.6 is 0 Å². The number of carbonyl (C=O) groups excluding carboxylic acids is 2. The van der Waals surface area contributed by atoms with Crippen molar-refractivity contribution < 1.29 is 18.7 Å². The zero-order chi connectivity index (χ0) is 21.0. The van der Waals surface area contributed by atoms with Crippen LogP contribution < -0.4 is 11.1 Å². The fraction of sp³-hybridized carbons (Fsp3) is 0.368. The van der Waals surface area contributed by atoms with Crippen LogP contribution in [0.1, 0.15) is 29.7 Å². The predicted octanol–water partition coefficient (Wildman–Crippen LogP) is 2.41. The largest absolute Gasteiger partial charge is 0.450 e. The molecular weight excluding hydrogens is 379 g/mol. The maximum Gasteiger partial charge on any atom is 0.409 e. The number of nitrogens with two attached hydrogens (primary N) is 1. The number of nitrogens with one attached hydrogen (secondary N) is 1. The highest BCUT2D eigenvalue weighted by Crippen LogP contribution is 2.30. The number of carbonyl (C=O) groups is 2. The Morgan fingerprint density at radius 2 is 2.14 bits per heavy atom. The van der Waals surface area contributed by atoms with Crippen molar-refractivity contribution in [1.29, 1.82) is 5.26 Å². The van der Waals surface area contributed by atoms with Crippen LogP contribution in [-0.4, -0.2) is 46.4 Å². The monoisotopic (exact) mass is 400 g/mol. The number of amides is 2. The van der Waals surface area contributed by atoms with E-state index < -0.39 is 29.8 Å². The molecule has 1 aliphatic rings. The van der Waals surface area contributed by atoms with E-state index in [4.69, 9.17) is 10.5 Å². The van der Waals surface area contributed by atoms with Gasteiger partial charge in [0.25, 0.3) is 5.91 Å². The van der Waals surface area contributed by atoms with Crippen LogP contribution in [0.25, 0.3) is 0 Å². The van der Waals surface area contributed by atoms with Gasteiger partial charge >= 0.3 is 6.09 Å². The lowest BCUT2D eigenvalue weighted by Gasteiger charge is -2.35. The van der Waals surface area contributed by atoms with Gasteiger partial charge in [-0.05, 0) is 37.6 Å². The highest BCUT2D eigenvalue weighted by molar-refractivity contribution is 5.98. The predicted molar refractivity (Wildman–Crippen MR) is 102 cm³/mol. The lowest BCUT2D eigenvalue weighted by atomic mass is 9.93. The van der Waals surface area contributed by atoms with Gasteiger partial charge in [0.2, 0.25) is 0 Å². The maximum absolute atomic E-state index is 13.1. The molecule has 0 bridgehead atoms. The van der Waals surface area contributed by atoms with Gasteiger partial charge in [0.15, 0.2) is 5.82 Å². The van der Waals surface area contributed by atoms with E-state index in [1.54, 1.807) is 6.92 Å². The fourth-order valence-corrected chi connectivity index (χ4v) is 3.23. The number of benzene rings is 1. The summed E-state index contributed by atoms with van der Waals surface area (Å²) in [7, 11) is 0. The van der Waals surface area contributed by atoms with E-state index in [0.29, 0.717) is 18.7 Å². The Hall–Kier alpha value is -3.61. The van der Waals surface area contributed by atoms with Crippen LogP contribution in [0.3, 0.4) is 0 Å². The average Bonchev–Trinajstić information content (AvgIpc) is 3.13. The molecule has 0 aliphatic carbocycles. The molecule has 2 atom stereocenters. The molecule has 9 nitrogen and oxygen atoms in total. The number of aromatic nitrogens is 2. The number of anilines is 2. The first kappa shape index (κ1) is 20.1. The maximum atomic E-state index is 13.1. The Morgan fingerprint density at radius 1 is 1.41 bits per heavy atom. The van der Waals surface area contributed by atoms with Crippen molar-refractivity contribution in [3.05, 3.63) is 41.8 Å². The standard InChI is InChI=1S/C19H21FN6O3/c1-2-29-19(28)25-8-7-12(9-21)16(11-25)26-10-15(17(22)27)18(24-26)23-14-5-3-13(20)4-6-14/h3-6,10,12,16H,2,7-8,11H2,1H3,(H2,22,27)(H,23,24)/t12?,16-/m1/s1. The topological polar surface area (TPSA) is 126 Å². The number of hydrogen-bond donors (Lipinski definition) is 2. The molecule has 3 rings (SSSR count). The first-order valence-electron chi connectivity index (χ1n) is 9.15. The van der Waals surface area contributed by atoms with Crippen molar-refractivity contribution in [2.45, 2.75) is 19.4 Å². The Morgan fingerprint density at radius 3 is 2.76 bits per heavy atom. The molecule has 1 aromatic carbocycles. The third-order valence-corrected chi connectivity index (χ3v) is 4.72. The second kappa shape index (κ2) is 8.60. The highest BCUT2D eigenvalue weighted by Gasteiger charge is 2.34. The van der Waals surface area contributed by atoms with Crippen molar-refractivity contribution in [3.63, 3.8) is 0 Å². The molecular formula is C19H21FN6O3. The number of primary amides is 1. The van der Waals surface area contributed by atoms with Gasteiger partial charge in [-0.25, -0.2) is 9.18 Å². The van der Waals surface area contributed by atoms with Gasteiger partial charge in [-0.2, -0.15) is 10.4 Å². The molecule has 0 saturated carbocycles. The molecule has 2 aromatic rings. The summed E-state index contributed by atoms with van der Waals surface area (Å²) in [6.45, 7) is 2.59. The number of piperidine rings is 1. The van der Waals surface area contributed by atoms with Crippen LogP contribution in [0.4, 0.5) is 20.7 Å². The number of likely N-dealkylation sites (tertiary alicyclic amines) is 1. The van der Waals surface area contributed by atoms with E-state index >= 15 is 0 Å². The smallest absolute Gasteiger partial charge is 0.409 e. The average molecular weight is 400 g/mol. The molecule has 2 heterocycles. The van der Waals surface area contributed by atoms with E-state index in [9.17, 15) is 19.2 Å². The fourth-order valence-electron chi connectivity index (χ4n) is 3.23. The van der Waals surface area contributed by atoms with Crippen LogP contribution in [0.5, 0.6) is 0 Å². The molecule has 1 saturated heterocycles. The lowest BCUT2D eigenvalue weighted by molar-refractivity contribution is 0.0797. The summed E-state index contributed by atoms with van der Waals surface area (Å²) in [5.41, 5.74) is 6.12. The quantitative estimate of drug-likeness (QED) is 0.794. The number of nitriles is 1. The number of nitrogens with zero attached hydrogens (tertiary/aromatic N) is 4. The number of hydrogen-bond acceptors (Lipinski definition) is 6. The molecule has 1 fully saturated rings. The Labute approximate surface area is 166 Å². The van der Waals surface area contributed by atoms with Gasteiger partial charge in [0.05, 0.1) is 24.6 Å². The van der Waals surface area contributed by atoms with Crippen LogP contribution in [0.15, 0.2) is 30.5 Å². The van der Waals surface area contributed by atoms with Crippen molar-refractivity contribution in [2.75, 3.05) is 25.0 Å². The summed E-state index contributed by atoms with van der Waals surface area (Å²) in [4.78, 5) is 25.5. The van der Waals surface area contributed by atoms with Gasteiger partial charge in [-0.15, -0.1) is 0 Å². The molecule has 152 valence electrons. The summed E-state index contributed by atoms with van der Waals surface area (Å²) in [5.74, 6) is -1.31. The Kier molecular flexibility index (Phi) is 5.97. The normalized spacial score (nSPS) is 18.7. The minimum Gasteiger partial charge on any atom is -0.450 e. The molecule has 0 radical (unpaired) electrons. The molecule has 1 unspecified atom stereocenters. The summed E-state index contributed by atoms with van der Waals surface area (Å²) in [6.07, 6.45) is 1.45. The number of halogens is 1. The zero-order valence-corrected chi connectivity index (χ0v) is 15.8. The highest BCUT2D eigenvalue weighted by atomic mass is 19.1. The van der Waals surface area contributed by atoms with Gasteiger partial charge < -0.3 is 20.7 Å². The molecule has 10 heteroatoms. The molecule has 3 N–H and O–H groups in total. The first-order valence-corrected chi connectivity index (χ1v) is 9.15. The van der Waals surface area contributed by atoms with Gasteiger partial charge in [-0.3, -0.25) is 9.48 Å². The third kappa shape index (κ3) is 4.45. The van der Waals surface area contributed by atoms with E-state index in [2.05, 4.69) is 16.5 Å². The van der Waals surface area contributed by atoms with Gasteiger partial charge in [0.1, 0.15) is 11.4 Å². The van der Waals surface area contributed by atoms with Crippen LogP contribution in [0, 0.1) is 23.1 Å². The first-order chi connectivity index (χ1) is 13.9. The summed E-state index contributed by atoms with van der Waals surface area (Å²) in [5, 5.41) is 16.9. The summed E-state index contributed by atoms with van der Waals surface area (Å²) < 4.78 is 19.6. The lowest BCUT2D eigenvalue weighted by Crippen LogP contribution is -2.44. The summed E-state index contributed by atoms with van der Waals surface area (Å²) in [6, 6.07) is 7.31. The molecule has 1 aromatic heterocycles. The molecule has 29 heavy (non-hydrogen) atoms. The van der Waals surface area contributed by atoms with Gasteiger partial charge in [0, 0.05) is 25.0 Å². The zero-order valence-electron chi connectivity index (χ0n) is 15.8. The minimum atomic E-state index is -0.701. The summed E-state index contributed by atoms with van der Waals surface area (Å²) >= 11 is 0. The third-order valence-electron chi connectivity index (χ3n) is 4.72. The van der Waals surface area contributed by atoms with Crippen molar-refractivity contribution in [3.8, 4) is 6.07 Å². The van der Waals surface area contributed by atoms with E-state index in [0.717, 1.165) is 0 Å². The van der Waals surface area contributed by atoms with Crippen molar-refractivity contribution in [2.24, 2.45) is 11.7 Å². The molecule has 1 aliphatic heterocycles. The Bertz CT molecular complexity index is 936. The van der Waals surface area contributed by atoms with E-state index in [1.165, 1.54) is 40.0 Å². The van der Waals surface area contributed by atoms with Crippen molar-refractivity contribution in [1.82, 2.24) is 14.7 Å². The van der Waals surface area contributed by atoms with E-state index in [-0.39, 0.29) is 24.5 Å². The van der Waals surface area contributed by atoms with Gasteiger partial charge in [-0.1, -0.05) is 0 Å².